The van der Waals surface area contributed by atoms with Gasteiger partial charge in [-0.15, -0.1) is 0 Å². The number of hydrogen-bond acceptors (Lipinski definition) is 7. The van der Waals surface area contributed by atoms with Crippen molar-refractivity contribution in [2.24, 2.45) is 0 Å². The van der Waals surface area contributed by atoms with Crippen LogP contribution in [0.25, 0.3) is 32.8 Å². The van der Waals surface area contributed by atoms with Crippen LogP contribution in [0.1, 0.15) is 57.4 Å². The number of phenolic OH excluding ortho intramolecular Hbond substituents is 1. The van der Waals surface area contributed by atoms with E-state index < -0.39 is 40.8 Å². The maximum absolute atomic E-state index is 16.9. The fraction of sp³-hybridized carbons (Fsp3) is 0.486. The highest BCUT2D eigenvalue weighted by molar-refractivity contribution is 6.03. The highest BCUT2D eigenvalue weighted by atomic mass is 19.1. The van der Waals surface area contributed by atoms with Gasteiger partial charge in [0.25, 0.3) is 0 Å². The number of aliphatic hydroxyl groups excluding tert-OH is 1. The third-order valence-electron chi connectivity index (χ3n) is 10.9. The molecule has 4 aromatic rings. The molecule has 242 valence electrons. The first-order valence-corrected chi connectivity index (χ1v) is 16.3. The van der Waals surface area contributed by atoms with Gasteiger partial charge in [-0.25, -0.2) is 17.6 Å². The molecule has 0 aliphatic carbocycles. The number of piperidine rings is 1. The molecule has 4 aliphatic heterocycles. The van der Waals surface area contributed by atoms with E-state index in [9.17, 15) is 19.0 Å². The van der Waals surface area contributed by atoms with Crippen molar-refractivity contribution >= 4 is 27.5 Å². The second kappa shape index (κ2) is 10.9. The number of hydrogen-bond donors (Lipinski definition) is 2. The second-order valence-corrected chi connectivity index (χ2v) is 13.5. The first-order chi connectivity index (χ1) is 22.2. The Balaban J connectivity index is 1.32. The molecule has 7 nitrogen and oxygen atoms in total. The lowest BCUT2D eigenvalue weighted by Gasteiger charge is -2.39. The molecular weight excluding hydrogens is 600 g/mol. The minimum Gasteiger partial charge on any atom is -0.508 e. The molecule has 46 heavy (non-hydrogen) atoms. The summed E-state index contributed by atoms with van der Waals surface area (Å²) < 4.78 is 68.9. The van der Waals surface area contributed by atoms with Crippen molar-refractivity contribution in [1.29, 1.82) is 0 Å². The van der Waals surface area contributed by atoms with E-state index in [0.717, 1.165) is 25.8 Å². The number of benzene rings is 3. The summed E-state index contributed by atoms with van der Waals surface area (Å²) in [5.74, 6) is -2.34. The van der Waals surface area contributed by atoms with E-state index in [0.29, 0.717) is 43.0 Å². The molecule has 8 rings (SSSR count). The van der Waals surface area contributed by atoms with Crippen LogP contribution >= 0.6 is 0 Å². The van der Waals surface area contributed by atoms with E-state index in [4.69, 9.17) is 9.72 Å². The minimum atomic E-state index is -0.989. The number of phenols is 1. The topological polar surface area (TPSA) is 82.0 Å². The molecule has 3 aromatic carbocycles. The zero-order valence-electron chi connectivity index (χ0n) is 25.6. The van der Waals surface area contributed by atoms with Crippen molar-refractivity contribution in [3.63, 3.8) is 0 Å². The van der Waals surface area contributed by atoms with Crippen LogP contribution in [0.15, 0.2) is 30.3 Å². The number of nitrogens with zero attached hydrogens (tertiary/aromatic N) is 4. The summed E-state index contributed by atoms with van der Waals surface area (Å²) in [6.45, 7) is 3.00. The van der Waals surface area contributed by atoms with Crippen molar-refractivity contribution in [1.82, 2.24) is 14.9 Å². The standard InChI is InChI=1S/C35H36F4N4O3/c1-2-22-25(37)7-4-18-12-21(44)13-23(29(18)22)30-26(38)14-24-32(31(30)39)40-34(46-17-35-10-3-11-42(35)16-19(36)15-35)41-33(24)43-20-5-8-27(43)28(45)9-6-20/h4,7,12-14,19-20,27-28,44-45H,2-3,5-6,8-11,15-17H2,1H3/t19-,20?,27?,28?,35+/m1/s1. The normalized spacial score (nSPS) is 27.7. The molecule has 5 heterocycles. The van der Waals surface area contributed by atoms with Gasteiger partial charge in [0.15, 0.2) is 5.82 Å². The van der Waals surface area contributed by atoms with Crippen molar-refractivity contribution in [2.45, 2.75) is 88.2 Å². The molecule has 1 aromatic heterocycles. The van der Waals surface area contributed by atoms with Crippen LogP contribution < -0.4 is 9.64 Å². The molecular formula is C35H36F4N4O3. The van der Waals surface area contributed by atoms with E-state index in [1.54, 1.807) is 6.92 Å². The van der Waals surface area contributed by atoms with Gasteiger partial charge < -0.3 is 19.8 Å². The molecule has 5 atom stereocenters. The van der Waals surface area contributed by atoms with Crippen LogP contribution in [0.4, 0.5) is 23.4 Å². The third-order valence-corrected chi connectivity index (χ3v) is 10.9. The number of aromatic nitrogens is 2. The van der Waals surface area contributed by atoms with Crippen LogP contribution in [-0.4, -0.2) is 74.7 Å². The molecule has 0 radical (unpaired) electrons. The number of ether oxygens (including phenoxy) is 1. The lowest BCUT2D eigenvalue weighted by Crippen LogP contribution is -2.48. The molecule has 4 fully saturated rings. The van der Waals surface area contributed by atoms with Gasteiger partial charge in [-0.05, 0) is 97.7 Å². The third kappa shape index (κ3) is 4.52. The van der Waals surface area contributed by atoms with Crippen molar-refractivity contribution in [2.75, 3.05) is 24.6 Å². The summed E-state index contributed by atoms with van der Waals surface area (Å²) in [4.78, 5) is 13.3. The van der Waals surface area contributed by atoms with E-state index in [-0.39, 0.29) is 64.7 Å². The van der Waals surface area contributed by atoms with E-state index in [2.05, 4.69) is 9.88 Å². The number of rotatable bonds is 6. The fourth-order valence-corrected chi connectivity index (χ4v) is 8.82. The van der Waals surface area contributed by atoms with Crippen LogP contribution in [0, 0.1) is 17.5 Å². The number of aromatic hydroxyl groups is 1. The Labute approximate surface area is 263 Å². The summed E-state index contributed by atoms with van der Waals surface area (Å²) >= 11 is 0. The Morgan fingerprint density at radius 1 is 1.04 bits per heavy atom. The molecule has 2 bridgehead atoms. The summed E-state index contributed by atoms with van der Waals surface area (Å²) in [5.41, 5.74) is -0.827. The fourth-order valence-electron chi connectivity index (χ4n) is 8.82. The Hall–Kier alpha value is -3.70. The van der Waals surface area contributed by atoms with Crippen LogP contribution in [0.5, 0.6) is 11.8 Å². The summed E-state index contributed by atoms with van der Waals surface area (Å²) in [6, 6.07) is 6.28. The molecule has 3 unspecified atom stereocenters. The van der Waals surface area contributed by atoms with Crippen LogP contribution in [0.2, 0.25) is 0 Å². The summed E-state index contributed by atoms with van der Waals surface area (Å²) in [5, 5.41) is 22.3. The minimum absolute atomic E-state index is 0.0137. The van der Waals surface area contributed by atoms with Crippen LogP contribution in [0.3, 0.4) is 0 Å². The van der Waals surface area contributed by atoms with Crippen molar-refractivity contribution < 1.29 is 32.5 Å². The molecule has 4 saturated heterocycles. The van der Waals surface area contributed by atoms with Crippen molar-refractivity contribution in [3.05, 3.63) is 53.3 Å². The Kier molecular flexibility index (Phi) is 7.06. The Morgan fingerprint density at radius 3 is 2.70 bits per heavy atom. The Bertz CT molecular complexity index is 1870. The maximum atomic E-state index is 16.9. The lowest BCUT2D eigenvalue weighted by atomic mass is 9.91. The zero-order valence-corrected chi connectivity index (χ0v) is 25.6. The molecule has 11 heteroatoms. The predicted octanol–water partition coefficient (Wildman–Crippen LogP) is 6.58. The number of anilines is 1. The molecule has 0 saturated carbocycles. The molecule has 0 spiro atoms. The predicted molar refractivity (Wildman–Crippen MR) is 166 cm³/mol. The number of aryl methyl sites for hydroxylation is 1. The van der Waals surface area contributed by atoms with Gasteiger partial charge in [-0.2, -0.15) is 9.97 Å². The largest absolute Gasteiger partial charge is 0.508 e. The number of halogens is 4. The zero-order chi connectivity index (χ0) is 31.9. The SMILES string of the molecule is CCc1c(F)ccc2cc(O)cc(-c3c(F)cc4c(N5C6CCC(O)C5CC6)nc(OC[C@@]56CCCN5C[C@H](F)C6)nc4c3F)c12. The van der Waals surface area contributed by atoms with Gasteiger partial charge >= 0.3 is 6.01 Å². The highest BCUT2D eigenvalue weighted by Crippen LogP contribution is 2.46. The van der Waals surface area contributed by atoms with E-state index >= 15 is 8.78 Å². The van der Waals surface area contributed by atoms with Gasteiger partial charge in [0.05, 0.1) is 23.2 Å². The average molecular weight is 637 g/mol. The lowest BCUT2D eigenvalue weighted by molar-refractivity contribution is 0.107. The van der Waals surface area contributed by atoms with Crippen molar-refractivity contribution in [3.8, 4) is 22.9 Å². The van der Waals surface area contributed by atoms with Gasteiger partial charge in [-0.3, -0.25) is 4.90 Å². The smallest absolute Gasteiger partial charge is 0.319 e. The van der Waals surface area contributed by atoms with Gasteiger partial charge in [0.2, 0.25) is 0 Å². The van der Waals surface area contributed by atoms with Gasteiger partial charge in [-0.1, -0.05) is 13.0 Å². The average Bonchev–Trinajstić information content (AvgIpc) is 3.67. The number of aliphatic hydroxyl groups is 1. The number of alkyl halides is 1. The number of fused-ring (bicyclic) bond motifs is 5. The molecule has 4 aliphatic rings. The van der Waals surface area contributed by atoms with Crippen LogP contribution in [-0.2, 0) is 6.42 Å². The first kappa shape index (κ1) is 29.7. The summed E-state index contributed by atoms with van der Waals surface area (Å²) in [7, 11) is 0. The van der Waals surface area contributed by atoms with Gasteiger partial charge in [0.1, 0.15) is 41.5 Å². The second-order valence-electron chi connectivity index (χ2n) is 13.5. The van der Waals surface area contributed by atoms with E-state index in [1.165, 1.54) is 30.3 Å². The van der Waals surface area contributed by atoms with Gasteiger partial charge in [0, 0.05) is 24.4 Å². The molecule has 0 amide bonds. The molecule has 2 N–H and O–H groups in total. The maximum Gasteiger partial charge on any atom is 0.319 e. The Morgan fingerprint density at radius 2 is 1.87 bits per heavy atom. The quantitative estimate of drug-likeness (QED) is 0.232. The first-order valence-electron chi connectivity index (χ1n) is 16.3. The highest BCUT2D eigenvalue weighted by Gasteiger charge is 2.50. The summed E-state index contributed by atoms with van der Waals surface area (Å²) in [6.07, 6.45) is 3.57. The van der Waals surface area contributed by atoms with E-state index in [1.807, 2.05) is 4.90 Å². The monoisotopic (exact) mass is 636 g/mol.